The van der Waals surface area contributed by atoms with Crippen LogP contribution in [0.4, 0.5) is 0 Å². The Hall–Kier alpha value is -1.39. The minimum atomic E-state index is -1.17. The summed E-state index contributed by atoms with van der Waals surface area (Å²) in [7, 11) is 0. The molecule has 1 aliphatic rings. The molecule has 0 heterocycles. The van der Waals surface area contributed by atoms with E-state index < -0.39 is 18.0 Å². The average Bonchev–Trinajstić information content (AvgIpc) is 2.14. The average molecular weight is 194 g/mol. The quantitative estimate of drug-likeness (QED) is 0.557. The summed E-state index contributed by atoms with van der Waals surface area (Å²) in [6.45, 7) is 0. The van der Waals surface area contributed by atoms with E-state index in [0.29, 0.717) is 0 Å². The molecule has 1 aromatic carbocycles. The number of rotatable bonds is 0. The molecule has 0 amide bonds. The van der Waals surface area contributed by atoms with Crippen molar-refractivity contribution in [3.63, 3.8) is 0 Å². The number of fused-ring (bicyclic) bond motifs is 1. The summed E-state index contributed by atoms with van der Waals surface area (Å²) < 4.78 is 0. The number of phenolic OH excluding ortho intramolecular Hbond substituents is 1. The van der Waals surface area contributed by atoms with Crippen molar-refractivity contribution in [2.75, 3.05) is 0 Å². The van der Waals surface area contributed by atoms with E-state index in [9.17, 15) is 20.1 Å². The lowest BCUT2D eigenvalue weighted by molar-refractivity contribution is 0.0477. The van der Waals surface area contributed by atoms with Crippen molar-refractivity contribution in [2.24, 2.45) is 0 Å². The van der Waals surface area contributed by atoms with Crippen LogP contribution in [0.5, 0.6) is 5.75 Å². The summed E-state index contributed by atoms with van der Waals surface area (Å²) >= 11 is 0. The highest BCUT2D eigenvalue weighted by Gasteiger charge is 2.32. The second kappa shape index (κ2) is 3.08. The summed E-state index contributed by atoms with van der Waals surface area (Å²) in [5, 5.41) is 28.3. The Kier molecular flexibility index (Phi) is 2.02. The zero-order valence-corrected chi connectivity index (χ0v) is 7.34. The number of benzene rings is 1. The number of carbonyl (C=O) groups is 1. The van der Waals surface area contributed by atoms with E-state index in [1.165, 1.54) is 18.2 Å². The predicted molar refractivity (Wildman–Crippen MR) is 48.0 cm³/mol. The summed E-state index contributed by atoms with van der Waals surface area (Å²) in [5.41, 5.74) is 0.430. The van der Waals surface area contributed by atoms with E-state index in [-0.39, 0.29) is 23.3 Å². The van der Waals surface area contributed by atoms with Crippen LogP contribution in [0.1, 0.15) is 28.4 Å². The van der Waals surface area contributed by atoms with E-state index >= 15 is 0 Å². The first-order valence-electron chi connectivity index (χ1n) is 4.33. The molecule has 0 aliphatic heterocycles. The van der Waals surface area contributed by atoms with Crippen LogP contribution in [0.3, 0.4) is 0 Å². The van der Waals surface area contributed by atoms with Gasteiger partial charge in [0.15, 0.2) is 5.78 Å². The first kappa shape index (κ1) is 9.18. The Balaban J connectivity index is 2.61. The summed E-state index contributed by atoms with van der Waals surface area (Å²) in [6, 6.07) is 4.41. The number of carbonyl (C=O) groups excluding carboxylic acids is 1. The van der Waals surface area contributed by atoms with Gasteiger partial charge in [-0.25, -0.2) is 0 Å². The number of Topliss-reactive ketones (excluding diaryl/α,β-unsaturated/α-hetero) is 1. The lowest BCUT2D eigenvalue weighted by Crippen LogP contribution is -2.29. The topological polar surface area (TPSA) is 77.8 Å². The molecule has 1 aromatic rings. The van der Waals surface area contributed by atoms with Gasteiger partial charge in [0.2, 0.25) is 0 Å². The molecule has 1 aliphatic carbocycles. The summed E-state index contributed by atoms with van der Waals surface area (Å²) in [5.74, 6) is -0.545. The van der Waals surface area contributed by atoms with E-state index in [1.807, 2.05) is 0 Å². The Morgan fingerprint density at radius 1 is 1.21 bits per heavy atom. The molecule has 0 bridgehead atoms. The molecular weight excluding hydrogens is 184 g/mol. The van der Waals surface area contributed by atoms with Gasteiger partial charge >= 0.3 is 0 Å². The van der Waals surface area contributed by atoms with Crippen molar-refractivity contribution in [1.29, 1.82) is 0 Å². The molecule has 0 fully saturated rings. The van der Waals surface area contributed by atoms with Gasteiger partial charge in [0, 0.05) is 17.5 Å². The third-order valence-corrected chi connectivity index (χ3v) is 2.43. The largest absolute Gasteiger partial charge is 0.508 e. The number of aliphatic hydroxyl groups is 2. The highest BCUT2D eigenvalue weighted by atomic mass is 16.3. The molecule has 0 spiro atoms. The maximum atomic E-state index is 11.4. The predicted octanol–water partition coefficient (Wildman–Crippen LogP) is 0.373. The fourth-order valence-corrected chi connectivity index (χ4v) is 1.73. The first-order valence-corrected chi connectivity index (χ1v) is 4.33. The molecule has 0 aromatic heterocycles. The van der Waals surface area contributed by atoms with Crippen molar-refractivity contribution < 1.29 is 20.1 Å². The van der Waals surface area contributed by atoms with E-state index in [4.69, 9.17) is 0 Å². The second-order valence-corrected chi connectivity index (χ2v) is 3.37. The molecule has 0 saturated carbocycles. The smallest absolute Gasteiger partial charge is 0.191 e. The van der Waals surface area contributed by atoms with Gasteiger partial charge in [-0.3, -0.25) is 4.79 Å². The zero-order chi connectivity index (χ0) is 10.3. The number of hydrogen-bond donors (Lipinski definition) is 3. The summed E-state index contributed by atoms with van der Waals surface area (Å²) in [6.07, 6.45) is -2.19. The van der Waals surface area contributed by atoms with E-state index in [2.05, 4.69) is 0 Å². The highest BCUT2D eigenvalue weighted by molar-refractivity contribution is 6.02. The lowest BCUT2D eigenvalue weighted by atomic mass is 9.86. The van der Waals surface area contributed by atoms with Gasteiger partial charge in [-0.2, -0.15) is 0 Å². The van der Waals surface area contributed by atoms with Crippen LogP contribution >= 0.6 is 0 Å². The van der Waals surface area contributed by atoms with Gasteiger partial charge in [-0.15, -0.1) is 0 Å². The van der Waals surface area contributed by atoms with Crippen LogP contribution in [-0.2, 0) is 0 Å². The van der Waals surface area contributed by atoms with Crippen LogP contribution in [0.15, 0.2) is 18.2 Å². The molecular formula is C10H10O4. The number of aliphatic hydroxyl groups excluding tert-OH is 2. The van der Waals surface area contributed by atoms with Gasteiger partial charge in [0.05, 0.1) is 6.10 Å². The molecule has 0 saturated heterocycles. The molecule has 14 heavy (non-hydrogen) atoms. The minimum absolute atomic E-state index is 0.0522. The van der Waals surface area contributed by atoms with Crippen LogP contribution in [0.25, 0.3) is 0 Å². The van der Waals surface area contributed by atoms with Crippen molar-refractivity contribution in [1.82, 2.24) is 0 Å². The Bertz CT molecular complexity index is 386. The van der Waals surface area contributed by atoms with Crippen LogP contribution in [-0.4, -0.2) is 27.2 Å². The fraction of sp³-hybridized carbons (Fsp3) is 0.300. The van der Waals surface area contributed by atoms with Crippen molar-refractivity contribution in [2.45, 2.75) is 18.6 Å². The Morgan fingerprint density at radius 3 is 2.64 bits per heavy atom. The van der Waals surface area contributed by atoms with Crippen molar-refractivity contribution in [3.8, 4) is 5.75 Å². The maximum Gasteiger partial charge on any atom is 0.191 e. The third kappa shape index (κ3) is 1.20. The van der Waals surface area contributed by atoms with Gasteiger partial charge in [0.25, 0.3) is 0 Å². The van der Waals surface area contributed by atoms with Gasteiger partial charge in [-0.05, 0) is 6.07 Å². The fourth-order valence-electron chi connectivity index (χ4n) is 1.73. The number of ketones is 1. The van der Waals surface area contributed by atoms with E-state index in [1.54, 1.807) is 0 Å². The first-order chi connectivity index (χ1) is 6.61. The van der Waals surface area contributed by atoms with Gasteiger partial charge in [0.1, 0.15) is 11.9 Å². The Morgan fingerprint density at radius 2 is 1.93 bits per heavy atom. The van der Waals surface area contributed by atoms with Gasteiger partial charge < -0.3 is 15.3 Å². The molecule has 4 heteroatoms. The zero-order valence-electron chi connectivity index (χ0n) is 7.34. The molecule has 0 unspecified atom stereocenters. The number of aromatic hydroxyl groups is 1. The highest BCUT2D eigenvalue weighted by Crippen LogP contribution is 2.35. The molecule has 4 nitrogen and oxygen atoms in total. The molecule has 2 atom stereocenters. The molecule has 2 rings (SSSR count). The normalized spacial score (nSPS) is 26.0. The van der Waals surface area contributed by atoms with Crippen LogP contribution in [0, 0.1) is 0 Å². The molecule has 74 valence electrons. The second-order valence-electron chi connectivity index (χ2n) is 3.37. The van der Waals surface area contributed by atoms with Crippen LogP contribution < -0.4 is 0 Å². The minimum Gasteiger partial charge on any atom is -0.508 e. The third-order valence-electron chi connectivity index (χ3n) is 2.43. The Labute approximate surface area is 80.4 Å². The number of hydrogen-bond acceptors (Lipinski definition) is 4. The standard InChI is InChI=1S/C10H10O4/c11-6-3-1-2-5-9(6)7(12)4-8(13)10(5)14/h1-3,7-8,11-13H,4H2/t7-,8-/m0/s1. The van der Waals surface area contributed by atoms with Crippen LogP contribution in [0.2, 0.25) is 0 Å². The van der Waals surface area contributed by atoms with Crippen molar-refractivity contribution in [3.05, 3.63) is 29.3 Å². The lowest BCUT2D eigenvalue weighted by Gasteiger charge is -2.24. The van der Waals surface area contributed by atoms with Gasteiger partial charge in [-0.1, -0.05) is 12.1 Å². The SMILES string of the molecule is O=C1c2cccc(O)c2[C@@H](O)C[C@@H]1O. The number of phenols is 1. The summed E-state index contributed by atoms with van der Waals surface area (Å²) in [4.78, 5) is 11.4. The molecule has 3 N–H and O–H groups in total. The monoisotopic (exact) mass is 194 g/mol. The molecule has 0 radical (unpaired) electrons. The van der Waals surface area contributed by atoms with E-state index in [0.717, 1.165) is 0 Å². The van der Waals surface area contributed by atoms with Crippen molar-refractivity contribution >= 4 is 5.78 Å². The maximum absolute atomic E-state index is 11.4.